The van der Waals surface area contributed by atoms with E-state index in [1.807, 2.05) is 30.3 Å². The molecular weight excluding hydrogens is 284 g/mol. The van der Waals surface area contributed by atoms with E-state index in [0.29, 0.717) is 24.5 Å². The molecule has 116 valence electrons. The third-order valence-corrected chi connectivity index (χ3v) is 2.95. The largest absolute Gasteiger partial charge is 0.492 e. The average Bonchev–Trinajstić information content (AvgIpc) is 2.96. The number of ether oxygens (including phenoxy) is 1. The Morgan fingerprint density at radius 2 is 1.91 bits per heavy atom. The maximum Gasteiger partial charge on any atom is 0.255 e. The van der Waals surface area contributed by atoms with Crippen molar-refractivity contribution in [3.8, 4) is 5.75 Å². The third kappa shape index (κ3) is 4.66. The van der Waals surface area contributed by atoms with E-state index in [4.69, 9.17) is 9.15 Å². The van der Waals surface area contributed by atoms with Gasteiger partial charge in [0.1, 0.15) is 18.1 Å². The van der Waals surface area contributed by atoms with E-state index in [0.717, 1.165) is 5.75 Å². The van der Waals surface area contributed by atoms with Gasteiger partial charge in [0.05, 0.1) is 24.9 Å². The first-order valence-electron chi connectivity index (χ1n) is 6.93. The number of nitrogens with one attached hydrogen (secondary N) is 2. The zero-order valence-corrected chi connectivity index (χ0v) is 12.3. The van der Waals surface area contributed by atoms with E-state index < -0.39 is 0 Å². The number of aryl methyl sites for hydroxylation is 1. The molecule has 0 bridgehead atoms. The summed E-state index contributed by atoms with van der Waals surface area (Å²) in [6, 6.07) is 10.9. The Labute approximate surface area is 128 Å². The van der Waals surface area contributed by atoms with Crippen molar-refractivity contribution in [1.29, 1.82) is 0 Å². The first-order valence-corrected chi connectivity index (χ1v) is 6.93. The first kappa shape index (κ1) is 15.6. The van der Waals surface area contributed by atoms with Crippen molar-refractivity contribution in [1.82, 2.24) is 10.6 Å². The lowest BCUT2D eigenvalue weighted by Crippen LogP contribution is -2.38. The van der Waals surface area contributed by atoms with Gasteiger partial charge in [0, 0.05) is 0 Å². The highest BCUT2D eigenvalue weighted by molar-refractivity contribution is 5.97. The summed E-state index contributed by atoms with van der Waals surface area (Å²) in [7, 11) is 0. The van der Waals surface area contributed by atoms with Crippen molar-refractivity contribution >= 4 is 11.8 Å². The summed E-state index contributed by atoms with van der Waals surface area (Å²) < 4.78 is 10.5. The smallest absolute Gasteiger partial charge is 0.255 e. The number of amides is 2. The normalized spacial score (nSPS) is 10.0. The standard InChI is InChI=1S/C16H18N2O4/c1-12-14(7-9-21-12)16(20)18-11-15(19)17-8-10-22-13-5-3-2-4-6-13/h2-7,9H,8,10-11H2,1H3,(H,17,19)(H,18,20). The number of hydrogen-bond acceptors (Lipinski definition) is 4. The van der Waals surface area contributed by atoms with E-state index in [-0.39, 0.29) is 18.4 Å². The molecule has 2 amide bonds. The molecule has 0 unspecified atom stereocenters. The highest BCUT2D eigenvalue weighted by Crippen LogP contribution is 2.08. The molecular formula is C16H18N2O4. The molecule has 0 spiro atoms. The Bertz CT molecular complexity index is 622. The second-order valence-electron chi connectivity index (χ2n) is 4.58. The van der Waals surface area contributed by atoms with E-state index >= 15 is 0 Å². The molecule has 1 aromatic heterocycles. The van der Waals surface area contributed by atoms with E-state index in [1.54, 1.807) is 13.0 Å². The van der Waals surface area contributed by atoms with Gasteiger partial charge in [-0.2, -0.15) is 0 Å². The molecule has 0 saturated carbocycles. The van der Waals surface area contributed by atoms with E-state index in [9.17, 15) is 9.59 Å². The number of carbonyl (C=O) groups excluding carboxylic acids is 2. The molecule has 6 nitrogen and oxygen atoms in total. The van der Waals surface area contributed by atoms with Crippen molar-refractivity contribution in [2.45, 2.75) is 6.92 Å². The molecule has 2 N–H and O–H groups in total. The summed E-state index contributed by atoms with van der Waals surface area (Å²) in [4.78, 5) is 23.4. The highest BCUT2D eigenvalue weighted by atomic mass is 16.5. The van der Waals surface area contributed by atoms with Gasteiger partial charge >= 0.3 is 0 Å². The molecule has 0 aliphatic rings. The quantitative estimate of drug-likeness (QED) is 0.760. The fraction of sp³-hybridized carbons (Fsp3) is 0.250. The van der Waals surface area contributed by atoms with Crippen LogP contribution in [-0.4, -0.2) is 31.5 Å². The van der Waals surface area contributed by atoms with Gasteiger partial charge < -0.3 is 19.8 Å². The summed E-state index contributed by atoms with van der Waals surface area (Å²) in [6.07, 6.45) is 1.44. The highest BCUT2D eigenvalue weighted by Gasteiger charge is 2.12. The Morgan fingerprint density at radius 3 is 2.59 bits per heavy atom. The summed E-state index contributed by atoms with van der Waals surface area (Å²) >= 11 is 0. The molecule has 0 saturated heterocycles. The van der Waals surface area contributed by atoms with Crippen LogP contribution in [0.5, 0.6) is 5.75 Å². The molecule has 2 aromatic rings. The minimum atomic E-state index is -0.332. The van der Waals surface area contributed by atoms with Crippen LogP contribution in [0.4, 0.5) is 0 Å². The zero-order chi connectivity index (χ0) is 15.8. The van der Waals surface area contributed by atoms with Crippen molar-refractivity contribution in [2.24, 2.45) is 0 Å². The number of carbonyl (C=O) groups is 2. The number of para-hydroxylation sites is 1. The van der Waals surface area contributed by atoms with Crippen LogP contribution in [0.15, 0.2) is 47.1 Å². The monoisotopic (exact) mass is 302 g/mol. The topological polar surface area (TPSA) is 80.6 Å². The number of hydrogen-bond donors (Lipinski definition) is 2. The van der Waals surface area contributed by atoms with Crippen molar-refractivity contribution < 1.29 is 18.7 Å². The van der Waals surface area contributed by atoms with Crippen molar-refractivity contribution in [3.63, 3.8) is 0 Å². The Balaban J connectivity index is 1.62. The van der Waals surface area contributed by atoms with Crippen LogP contribution in [0.3, 0.4) is 0 Å². The predicted octanol–water partition coefficient (Wildman–Crippen LogP) is 1.51. The summed E-state index contributed by atoms with van der Waals surface area (Å²) in [6.45, 7) is 2.34. The van der Waals surface area contributed by atoms with Gasteiger partial charge in [-0.1, -0.05) is 18.2 Å². The number of furan rings is 1. The van der Waals surface area contributed by atoms with Gasteiger partial charge in [-0.3, -0.25) is 9.59 Å². The molecule has 2 rings (SSSR count). The summed E-state index contributed by atoms with van der Waals surface area (Å²) in [5, 5.41) is 5.20. The van der Waals surface area contributed by atoms with E-state index in [2.05, 4.69) is 10.6 Å². The third-order valence-electron chi connectivity index (χ3n) is 2.95. The molecule has 0 fully saturated rings. The first-order chi connectivity index (χ1) is 10.7. The van der Waals surface area contributed by atoms with Gasteiger partial charge in [-0.05, 0) is 25.1 Å². The minimum absolute atomic E-state index is 0.0885. The van der Waals surface area contributed by atoms with Gasteiger partial charge in [-0.15, -0.1) is 0 Å². The molecule has 22 heavy (non-hydrogen) atoms. The molecule has 1 heterocycles. The van der Waals surface area contributed by atoms with Crippen LogP contribution in [0, 0.1) is 6.92 Å². The van der Waals surface area contributed by atoms with Gasteiger partial charge in [0.2, 0.25) is 5.91 Å². The second-order valence-corrected chi connectivity index (χ2v) is 4.58. The predicted molar refractivity (Wildman–Crippen MR) is 80.7 cm³/mol. The van der Waals surface area contributed by atoms with Crippen molar-refractivity contribution in [2.75, 3.05) is 19.7 Å². The second kappa shape index (κ2) is 7.87. The van der Waals surface area contributed by atoms with Gasteiger partial charge in [0.25, 0.3) is 5.91 Å². The minimum Gasteiger partial charge on any atom is -0.492 e. The van der Waals surface area contributed by atoms with Crippen LogP contribution in [0.25, 0.3) is 0 Å². The summed E-state index contributed by atoms with van der Waals surface area (Å²) in [5.74, 6) is 0.669. The Morgan fingerprint density at radius 1 is 1.14 bits per heavy atom. The molecule has 0 radical (unpaired) electrons. The number of benzene rings is 1. The molecule has 6 heteroatoms. The fourth-order valence-corrected chi connectivity index (χ4v) is 1.81. The van der Waals surface area contributed by atoms with Crippen molar-refractivity contribution in [3.05, 3.63) is 54.0 Å². The maximum absolute atomic E-state index is 11.8. The molecule has 0 aliphatic carbocycles. The van der Waals surface area contributed by atoms with Crippen LogP contribution < -0.4 is 15.4 Å². The maximum atomic E-state index is 11.8. The van der Waals surface area contributed by atoms with Gasteiger partial charge in [-0.25, -0.2) is 0 Å². The summed E-state index contributed by atoms with van der Waals surface area (Å²) in [5.41, 5.74) is 0.431. The lowest BCUT2D eigenvalue weighted by molar-refractivity contribution is -0.120. The lowest BCUT2D eigenvalue weighted by Gasteiger charge is -2.08. The van der Waals surface area contributed by atoms with Crippen LogP contribution in [-0.2, 0) is 4.79 Å². The molecule has 1 aromatic carbocycles. The lowest BCUT2D eigenvalue weighted by atomic mass is 10.2. The van der Waals surface area contributed by atoms with Crippen LogP contribution in [0.2, 0.25) is 0 Å². The SMILES string of the molecule is Cc1occc1C(=O)NCC(=O)NCCOc1ccccc1. The van der Waals surface area contributed by atoms with Gasteiger partial charge in [0.15, 0.2) is 0 Å². The molecule has 0 aliphatic heterocycles. The Hall–Kier alpha value is -2.76. The average molecular weight is 302 g/mol. The van der Waals surface area contributed by atoms with Crippen LogP contribution in [0.1, 0.15) is 16.1 Å². The zero-order valence-electron chi connectivity index (χ0n) is 12.3. The van der Waals surface area contributed by atoms with Crippen LogP contribution >= 0.6 is 0 Å². The Kier molecular flexibility index (Phi) is 5.59. The fourth-order valence-electron chi connectivity index (χ4n) is 1.81. The van der Waals surface area contributed by atoms with E-state index in [1.165, 1.54) is 6.26 Å². The molecule has 0 atom stereocenters. The number of rotatable bonds is 7.